The van der Waals surface area contributed by atoms with E-state index in [1.165, 1.54) is 41.9 Å². The van der Waals surface area contributed by atoms with E-state index in [-0.39, 0.29) is 5.54 Å². The normalized spacial score (nSPS) is 19.0. The van der Waals surface area contributed by atoms with Crippen molar-refractivity contribution in [1.82, 2.24) is 5.32 Å². The van der Waals surface area contributed by atoms with Crippen molar-refractivity contribution in [2.24, 2.45) is 5.73 Å². The molecule has 3 heteroatoms. The first kappa shape index (κ1) is 14.0. The predicted molar refractivity (Wildman–Crippen MR) is 80.0 cm³/mol. The van der Waals surface area contributed by atoms with Gasteiger partial charge in [0, 0.05) is 21.8 Å². The zero-order chi connectivity index (χ0) is 12.8. The van der Waals surface area contributed by atoms with Crippen LogP contribution < -0.4 is 11.1 Å². The Bertz CT molecular complexity index is 353. The summed E-state index contributed by atoms with van der Waals surface area (Å²) in [5.41, 5.74) is 6.55. The Labute approximate surface area is 115 Å². The molecule has 3 N–H and O–H groups in total. The highest BCUT2D eigenvalue weighted by Crippen LogP contribution is 2.28. The lowest BCUT2D eigenvalue weighted by Crippen LogP contribution is -2.43. The van der Waals surface area contributed by atoms with Gasteiger partial charge in [0.05, 0.1) is 0 Å². The zero-order valence-corrected chi connectivity index (χ0v) is 12.3. The summed E-state index contributed by atoms with van der Waals surface area (Å²) in [6, 6.07) is 4.49. The number of hydrogen-bond acceptors (Lipinski definition) is 3. The summed E-state index contributed by atoms with van der Waals surface area (Å²) in [4.78, 5) is 2.93. The molecule has 1 fully saturated rings. The molecule has 0 spiro atoms. The van der Waals surface area contributed by atoms with Crippen molar-refractivity contribution >= 4 is 11.3 Å². The fraction of sp³-hybridized carbons (Fsp3) is 0.733. The Balaban J connectivity index is 1.66. The van der Waals surface area contributed by atoms with E-state index in [9.17, 15) is 0 Å². The van der Waals surface area contributed by atoms with Crippen molar-refractivity contribution in [2.75, 3.05) is 6.54 Å². The number of nitrogens with one attached hydrogen (secondary N) is 1. The van der Waals surface area contributed by atoms with Crippen LogP contribution in [0.1, 0.15) is 55.2 Å². The maximum atomic E-state index is 6.43. The molecule has 2 rings (SSSR count). The monoisotopic (exact) mass is 266 g/mol. The van der Waals surface area contributed by atoms with Gasteiger partial charge in [0.25, 0.3) is 0 Å². The third-order valence-corrected chi connectivity index (χ3v) is 5.24. The Morgan fingerprint density at radius 1 is 1.22 bits per heavy atom. The van der Waals surface area contributed by atoms with Crippen LogP contribution in [0, 0.1) is 0 Å². The predicted octanol–water partition coefficient (Wildman–Crippen LogP) is 3.45. The minimum Gasteiger partial charge on any atom is -0.325 e. The van der Waals surface area contributed by atoms with E-state index in [0.717, 1.165) is 25.9 Å². The fourth-order valence-corrected chi connectivity index (χ4v) is 3.69. The van der Waals surface area contributed by atoms with Crippen LogP contribution in [0.25, 0.3) is 0 Å². The molecule has 0 amide bonds. The molecule has 2 nitrogen and oxygen atoms in total. The van der Waals surface area contributed by atoms with Crippen molar-refractivity contribution in [3.05, 3.63) is 21.9 Å². The van der Waals surface area contributed by atoms with Crippen LogP contribution in [0.15, 0.2) is 12.1 Å². The van der Waals surface area contributed by atoms with E-state index in [1.54, 1.807) is 0 Å². The molecule has 0 atom stereocenters. The molecule has 1 saturated carbocycles. The number of hydrogen-bond donors (Lipinski definition) is 2. The van der Waals surface area contributed by atoms with Gasteiger partial charge in [-0.1, -0.05) is 26.2 Å². The average Bonchev–Trinajstić information content (AvgIpc) is 2.84. The lowest BCUT2D eigenvalue weighted by atomic mass is 9.80. The molecular weight excluding hydrogens is 240 g/mol. The number of thiophene rings is 1. The van der Waals surface area contributed by atoms with Gasteiger partial charge in [-0.2, -0.15) is 0 Å². The van der Waals surface area contributed by atoms with E-state index >= 15 is 0 Å². The van der Waals surface area contributed by atoms with Crippen LogP contribution >= 0.6 is 11.3 Å². The minimum atomic E-state index is 0.120. The second-order valence-corrected chi connectivity index (χ2v) is 6.82. The van der Waals surface area contributed by atoms with Crippen LogP contribution in [-0.4, -0.2) is 12.1 Å². The summed E-state index contributed by atoms with van der Waals surface area (Å²) in [6.07, 6.45) is 8.72. The van der Waals surface area contributed by atoms with Crippen LogP contribution in [0.2, 0.25) is 0 Å². The molecular formula is C15H26N2S. The van der Waals surface area contributed by atoms with Crippen LogP contribution in [0.3, 0.4) is 0 Å². The van der Waals surface area contributed by atoms with Crippen molar-refractivity contribution in [3.63, 3.8) is 0 Å². The molecule has 1 aromatic rings. The van der Waals surface area contributed by atoms with Gasteiger partial charge in [-0.3, -0.25) is 0 Å². The van der Waals surface area contributed by atoms with E-state index in [0.29, 0.717) is 0 Å². The van der Waals surface area contributed by atoms with Crippen LogP contribution in [-0.2, 0) is 13.0 Å². The van der Waals surface area contributed by atoms with E-state index in [2.05, 4.69) is 24.4 Å². The second kappa shape index (κ2) is 6.69. The van der Waals surface area contributed by atoms with Gasteiger partial charge in [-0.15, -0.1) is 11.3 Å². The zero-order valence-electron chi connectivity index (χ0n) is 11.5. The van der Waals surface area contributed by atoms with Gasteiger partial charge in [-0.05, 0) is 44.4 Å². The average molecular weight is 266 g/mol. The quantitative estimate of drug-likeness (QED) is 0.774. The van der Waals surface area contributed by atoms with Crippen molar-refractivity contribution < 1.29 is 0 Å². The summed E-state index contributed by atoms with van der Waals surface area (Å²) >= 11 is 1.92. The highest BCUT2D eigenvalue weighted by atomic mass is 32.1. The van der Waals surface area contributed by atoms with Crippen molar-refractivity contribution in [3.8, 4) is 0 Å². The summed E-state index contributed by atoms with van der Waals surface area (Å²) in [7, 11) is 0. The van der Waals surface area contributed by atoms with E-state index < -0.39 is 0 Å². The molecule has 1 aliphatic carbocycles. The lowest BCUT2D eigenvalue weighted by molar-refractivity contribution is 0.275. The maximum Gasteiger partial charge on any atom is 0.0299 e. The molecule has 0 aromatic carbocycles. The SMILES string of the molecule is CCc1ccc(CNCCC2(N)CCCCC2)s1. The smallest absolute Gasteiger partial charge is 0.0299 e. The molecule has 0 bridgehead atoms. The summed E-state index contributed by atoms with van der Waals surface area (Å²) in [5, 5.41) is 3.54. The third kappa shape index (κ3) is 4.08. The molecule has 0 aliphatic heterocycles. The second-order valence-electron chi connectivity index (χ2n) is 5.57. The van der Waals surface area contributed by atoms with Gasteiger partial charge >= 0.3 is 0 Å². The molecule has 0 unspecified atom stereocenters. The summed E-state index contributed by atoms with van der Waals surface area (Å²) < 4.78 is 0. The van der Waals surface area contributed by atoms with Gasteiger partial charge in [0.1, 0.15) is 0 Å². The number of nitrogens with two attached hydrogens (primary N) is 1. The number of rotatable bonds is 6. The Hall–Kier alpha value is -0.380. The topological polar surface area (TPSA) is 38.0 Å². The highest BCUT2D eigenvalue weighted by molar-refractivity contribution is 7.11. The first-order valence-electron chi connectivity index (χ1n) is 7.29. The van der Waals surface area contributed by atoms with Crippen LogP contribution in [0.4, 0.5) is 0 Å². The van der Waals surface area contributed by atoms with Crippen molar-refractivity contribution in [2.45, 2.75) is 64.0 Å². The first-order valence-corrected chi connectivity index (χ1v) is 8.11. The Kier molecular flexibility index (Phi) is 5.22. The Morgan fingerprint density at radius 3 is 2.61 bits per heavy atom. The molecule has 1 aliphatic rings. The molecule has 1 heterocycles. The van der Waals surface area contributed by atoms with E-state index in [1.807, 2.05) is 11.3 Å². The fourth-order valence-electron chi connectivity index (χ4n) is 2.76. The third-order valence-electron chi connectivity index (χ3n) is 4.01. The van der Waals surface area contributed by atoms with E-state index in [4.69, 9.17) is 5.73 Å². The Morgan fingerprint density at radius 2 is 1.94 bits per heavy atom. The first-order chi connectivity index (χ1) is 8.72. The molecule has 102 valence electrons. The standard InChI is InChI=1S/C15H26N2S/c1-2-13-6-7-14(18-13)12-17-11-10-15(16)8-4-3-5-9-15/h6-7,17H,2-5,8-12,16H2,1H3. The largest absolute Gasteiger partial charge is 0.325 e. The number of aryl methyl sites for hydroxylation is 1. The molecule has 18 heavy (non-hydrogen) atoms. The molecule has 0 saturated heterocycles. The molecule has 1 aromatic heterocycles. The van der Waals surface area contributed by atoms with Gasteiger partial charge in [0.2, 0.25) is 0 Å². The summed E-state index contributed by atoms with van der Waals surface area (Å²) in [5.74, 6) is 0. The van der Waals surface area contributed by atoms with Gasteiger partial charge in [-0.25, -0.2) is 0 Å². The highest BCUT2D eigenvalue weighted by Gasteiger charge is 2.26. The van der Waals surface area contributed by atoms with Crippen LogP contribution in [0.5, 0.6) is 0 Å². The summed E-state index contributed by atoms with van der Waals surface area (Å²) in [6.45, 7) is 4.26. The lowest BCUT2D eigenvalue weighted by Gasteiger charge is -2.33. The molecule has 0 radical (unpaired) electrons. The van der Waals surface area contributed by atoms with Gasteiger partial charge < -0.3 is 11.1 Å². The van der Waals surface area contributed by atoms with Gasteiger partial charge in [0.15, 0.2) is 0 Å². The minimum absolute atomic E-state index is 0.120. The van der Waals surface area contributed by atoms with Crippen molar-refractivity contribution in [1.29, 1.82) is 0 Å². The maximum absolute atomic E-state index is 6.43.